The van der Waals surface area contributed by atoms with Gasteiger partial charge in [0.05, 0.1) is 23.8 Å². The number of carbonyl (C=O) groups is 1. The summed E-state index contributed by atoms with van der Waals surface area (Å²) >= 11 is 5.85. The lowest BCUT2D eigenvalue weighted by Crippen LogP contribution is -2.42. The minimum absolute atomic E-state index is 0.0139. The highest BCUT2D eigenvalue weighted by Gasteiger charge is 2.38. The Balaban J connectivity index is 1.41. The van der Waals surface area contributed by atoms with Crippen molar-refractivity contribution in [2.24, 2.45) is 5.92 Å². The van der Waals surface area contributed by atoms with Crippen LogP contribution in [0.2, 0.25) is 5.02 Å². The van der Waals surface area contributed by atoms with Crippen molar-refractivity contribution < 1.29 is 31.5 Å². The second-order valence-corrected chi connectivity index (χ2v) is 9.19. The quantitative estimate of drug-likeness (QED) is 0.397. The van der Waals surface area contributed by atoms with Crippen molar-refractivity contribution in [2.45, 2.75) is 45.2 Å². The molecule has 0 radical (unpaired) electrons. The number of amides is 1. The van der Waals surface area contributed by atoms with E-state index in [1.165, 1.54) is 25.1 Å². The average Bonchev–Trinajstić information content (AvgIpc) is 2.77. The summed E-state index contributed by atoms with van der Waals surface area (Å²) in [5.74, 6) is -3.13. The van der Waals surface area contributed by atoms with Crippen LogP contribution >= 0.6 is 11.6 Å². The van der Waals surface area contributed by atoms with E-state index in [4.69, 9.17) is 16.3 Å². The first-order chi connectivity index (χ1) is 17.4. The molecule has 0 bridgehead atoms. The average molecular weight is 542 g/mol. The molecule has 4 rings (SSSR count). The van der Waals surface area contributed by atoms with Crippen LogP contribution in [0.15, 0.2) is 41.2 Å². The van der Waals surface area contributed by atoms with Gasteiger partial charge in [0.25, 0.3) is 5.56 Å². The lowest BCUT2D eigenvalue weighted by atomic mass is 9.81. The Labute approximate surface area is 212 Å². The molecule has 12 heteroatoms. The van der Waals surface area contributed by atoms with Gasteiger partial charge in [-0.2, -0.15) is 13.2 Å². The van der Waals surface area contributed by atoms with Gasteiger partial charge in [-0.1, -0.05) is 17.7 Å². The molecule has 37 heavy (non-hydrogen) atoms. The number of carbonyl (C=O) groups excluding carboxylic acids is 1. The second-order valence-electron chi connectivity index (χ2n) is 8.75. The van der Waals surface area contributed by atoms with Crippen molar-refractivity contribution in [1.82, 2.24) is 15.3 Å². The first kappa shape index (κ1) is 26.7. The van der Waals surface area contributed by atoms with Gasteiger partial charge in [0.1, 0.15) is 17.5 Å². The summed E-state index contributed by atoms with van der Waals surface area (Å²) in [5.41, 5.74) is -2.73. The normalized spacial score (nSPS) is 17.4. The van der Waals surface area contributed by atoms with E-state index < -0.39 is 52.1 Å². The molecule has 0 saturated heterocycles. The van der Waals surface area contributed by atoms with Crippen LogP contribution in [-0.4, -0.2) is 22.0 Å². The molecule has 1 amide bonds. The topological polar surface area (TPSA) is 84.1 Å². The number of rotatable bonds is 7. The van der Waals surface area contributed by atoms with E-state index in [-0.39, 0.29) is 30.5 Å². The fraction of sp³-hybridized carbons (Fsp3) is 0.320. The SMILES string of the molecule is Cc1cc(=O)[nH]c(-c2c(C(F)(F)F)ccc(CNC(=O)C3CC(OCc4cc(Cl)ccc4F)C3)c2F)n1. The summed E-state index contributed by atoms with van der Waals surface area (Å²) in [4.78, 5) is 30.3. The maximum atomic E-state index is 15.3. The van der Waals surface area contributed by atoms with Gasteiger partial charge >= 0.3 is 6.18 Å². The molecule has 1 heterocycles. The minimum atomic E-state index is -4.91. The van der Waals surface area contributed by atoms with Gasteiger partial charge in [0.2, 0.25) is 5.91 Å². The van der Waals surface area contributed by atoms with Gasteiger partial charge < -0.3 is 15.0 Å². The zero-order valence-corrected chi connectivity index (χ0v) is 20.1. The first-order valence-electron chi connectivity index (χ1n) is 11.2. The second kappa shape index (κ2) is 10.6. The number of hydrogen-bond acceptors (Lipinski definition) is 4. The molecule has 0 unspecified atom stereocenters. The molecular formula is C25H21ClF5N3O3. The highest BCUT2D eigenvalue weighted by Crippen LogP contribution is 2.38. The standard InChI is InChI=1S/C25H21ClF5N3O3/c1-12-6-20(35)34-23(33-12)21-18(25(29,30)31)4-2-13(22(21)28)10-32-24(36)14-8-17(9-14)37-11-15-7-16(26)3-5-19(15)27/h2-7,14,17H,8-11H2,1H3,(H,32,36)(H,33,34,35). The first-order valence-corrected chi connectivity index (χ1v) is 11.6. The van der Waals surface area contributed by atoms with Crippen LogP contribution in [0.3, 0.4) is 0 Å². The van der Waals surface area contributed by atoms with Crippen molar-refractivity contribution in [3.8, 4) is 11.4 Å². The molecule has 6 nitrogen and oxygen atoms in total. The number of aryl methyl sites for hydroxylation is 1. The van der Waals surface area contributed by atoms with Crippen LogP contribution in [0.4, 0.5) is 22.0 Å². The monoisotopic (exact) mass is 541 g/mol. The Kier molecular flexibility index (Phi) is 7.65. The molecule has 1 saturated carbocycles. The van der Waals surface area contributed by atoms with E-state index >= 15 is 4.39 Å². The minimum Gasteiger partial charge on any atom is -0.373 e. The number of nitrogens with one attached hydrogen (secondary N) is 2. The van der Waals surface area contributed by atoms with Crippen molar-refractivity contribution in [3.63, 3.8) is 0 Å². The Morgan fingerprint density at radius 1 is 1.16 bits per heavy atom. The smallest absolute Gasteiger partial charge is 0.373 e. The van der Waals surface area contributed by atoms with E-state index in [1.54, 1.807) is 0 Å². The van der Waals surface area contributed by atoms with Crippen molar-refractivity contribution in [1.29, 1.82) is 0 Å². The van der Waals surface area contributed by atoms with E-state index in [0.717, 1.165) is 12.1 Å². The summed E-state index contributed by atoms with van der Waals surface area (Å²) in [7, 11) is 0. The van der Waals surface area contributed by atoms with E-state index in [0.29, 0.717) is 29.5 Å². The maximum absolute atomic E-state index is 15.3. The fourth-order valence-electron chi connectivity index (χ4n) is 4.02. The van der Waals surface area contributed by atoms with E-state index in [9.17, 15) is 27.2 Å². The molecule has 1 aliphatic rings. The predicted molar refractivity (Wildman–Crippen MR) is 125 cm³/mol. The third-order valence-electron chi connectivity index (χ3n) is 6.03. The number of ether oxygens (including phenoxy) is 1. The lowest BCUT2D eigenvalue weighted by Gasteiger charge is -2.34. The zero-order chi connectivity index (χ0) is 26.9. The number of alkyl halides is 3. The summed E-state index contributed by atoms with van der Waals surface area (Å²) in [6.07, 6.45) is -4.49. The lowest BCUT2D eigenvalue weighted by molar-refractivity contribution is -0.137. The van der Waals surface area contributed by atoms with Crippen LogP contribution < -0.4 is 10.9 Å². The van der Waals surface area contributed by atoms with Gasteiger partial charge in [0, 0.05) is 40.4 Å². The molecule has 196 valence electrons. The van der Waals surface area contributed by atoms with Gasteiger partial charge in [-0.05, 0) is 44.0 Å². The Morgan fingerprint density at radius 3 is 2.57 bits per heavy atom. The molecule has 1 fully saturated rings. The summed E-state index contributed by atoms with van der Waals surface area (Å²) in [6.45, 7) is 1.01. The molecule has 0 spiro atoms. The fourth-order valence-corrected chi connectivity index (χ4v) is 4.22. The van der Waals surface area contributed by atoms with Crippen molar-refractivity contribution in [2.75, 3.05) is 0 Å². The predicted octanol–water partition coefficient (Wildman–Crippen LogP) is 5.31. The van der Waals surface area contributed by atoms with Gasteiger partial charge in [0.15, 0.2) is 0 Å². The number of H-pyrrole nitrogens is 1. The third kappa shape index (κ3) is 6.16. The molecule has 2 aromatic carbocycles. The highest BCUT2D eigenvalue weighted by molar-refractivity contribution is 6.30. The summed E-state index contributed by atoms with van der Waals surface area (Å²) in [5, 5.41) is 2.90. The van der Waals surface area contributed by atoms with Crippen LogP contribution in [-0.2, 0) is 28.9 Å². The molecular weight excluding hydrogens is 521 g/mol. The molecule has 0 aliphatic heterocycles. The van der Waals surface area contributed by atoms with E-state index in [1.807, 2.05) is 0 Å². The summed E-state index contributed by atoms with van der Waals surface area (Å²) < 4.78 is 75.4. The van der Waals surface area contributed by atoms with Crippen LogP contribution in [0, 0.1) is 24.5 Å². The highest BCUT2D eigenvalue weighted by atomic mass is 35.5. The van der Waals surface area contributed by atoms with Crippen LogP contribution in [0.5, 0.6) is 0 Å². The Bertz CT molecular complexity index is 1390. The molecule has 3 aromatic rings. The van der Waals surface area contributed by atoms with Crippen LogP contribution in [0.1, 0.15) is 35.2 Å². The zero-order valence-electron chi connectivity index (χ0n) is 19.4. The molecule has 1 aliphatic carbocycles. The molecule has 2 N–H and O–H groups in total. The van der Waals surface area contributed by atoms with Crippen LogP contribution in [0.25, 0.3) is 11.4 Å². The number of aromatic amines is 1. The van der Waals surface area contributed by atoms with Gasteiger partial charge in [-0.15, -0.1) is 0 Å². The molecule has 0 atom stereocenters. The van der Waals surface area contributed by atoms with Crippen molar-refractivity contribution >= 4 is 17.5 Å². The number of hydrogen-bond donors (Lipinski definition) is 2. The Morgan fingerprint density at radius 2 is 1.89 bits per heavy atom. The number of nitrogens with zero attached hydrogens (tertiary/aromatic N) is 1. The van der Waals surface area contributed by atoms with Crippen molar-refractivity contribution in [3.05, 3.63) is 85.8 Å². The Hall–Kier alpha value is -3.31. The number of halogens is 6. The third-order valence-corrected chi connectivity index (χ3v) is 6.27. The van der Waals surface area contributed by atoms with Gasteiger partial charge in [-0.3, -0.25) is 9.59 Å². The summed E-state index contributed by atoms with van der Waals surface area (Å²) in [6, 6.07) is 6.79. The largest absolute Gasteiger partial charge is 0.417 e. The number of benzene rings is 2. The van der Waals surface area contributed by atoms with Gasteiger partial charge in [-0.25, -0.2) is 13.8 Å². The number of aromatic nitrogens is 2. The molecule has 1 aromatic heterocycles. The maximum Gasteiger partial charge on any atom is 0.417 e. The van der Waals surface area contributed by atoms with E-state index in [2.05, 4.69) is 15.3 Å².